The van der Waals surface area contributed by atoms with Crippen LogP contribution in [0.3, 0.4) is 0 Å². The molecule has 8 aromatic carbocycles. The summed E-state index contributed by atoms with van der Waals surface area (Å²) >= 11 is 0. The first-order valence-corrected chi connectivity index (χ1v) is 23.6. The largest absolute Gasteiger partial charge is 0.497 e. The summed E-state index contributed by atoms with van der Waals surface area (Å²) in [4.78, 5) is 33.6. The van der Waals surface area contributed by atoms with Gasteiger partial charge in [0.2, 0.25) is 11.8 Å². The molecule has 0 heterocycles. The van der Waals surface area contributed by atoms with Gasteiger partial charge in [-0.15, -0.1) is 0 Å². The predicted octanol–water partition coefficient (Wildman–Crippen LogP) is 10.9. The third kappa shape index (κ3) is 8.26. The number of benzene rings is 8. The zero-order chi connectivity index (χ0) is 49.0. The quantitative estimate of drug-likeness (QED) is 0.0814. The van der Waals surface area contributed by atoms with Crippen LogP contribution in [0.1, 0.15) is 77.6 Å². The summed E-state index contributed by atoms with van der Waals surface area (Å²) in [7, 11) is 6.22. The van der Waals surface area contributed by atoms with Crippen molar-refractivity contribution < 1.29 is 38.7 Å². The van der Waals surface area contributed by atoms with Gasteiger partial charge in [0.15, 0.2) is 0 Å². The van der Waals surface area contributed by atoms with Crippen LogP contribution in [-0.4, -0.2) is 55.4 Å². The minimum Gasteiger partial charge on any atom is -0.497 e. The number of hydrogen-bond acceptors (Lipinski definition) is 8. The molecule has 9 rings (SSSR count). The Morgan fingerprint density at radius 1 is 0.486 bits per heavy atom. The topological polar surface area (TPSA) is 141 Å². The number of nitrogens with zero attached hydrogens (tertiary/aromatic N) is 1. The Hall–Kier alpha value is -7.66. The molecule has 0 saturated heterocycles. The molecule has 10 heteroatoms. The van der Waals surface area contributed by atoms with Gasteiger partial charge in [0, 0.05) is 0 Å². The van der Waals surface area contributed by atoms with Crippen LogP contribution in [0.5, 0.6) is 23.0 Å². The van der Waals surface area contributed by atoms with Gasteiger partial charge in [0.25, 0.3) is 0 Å². The van der Waals surface area contributed by atoms with Crippen molar-refractivity contribution >= 4 is 33.4 Å². The molecular formula is C60H58N2O8. The van der Waals surface area contributed by atoms with E-state index in [2.05, 4.69) is 0 Å². The van der Waals surface area contributed by atoms with Crippen molar-refractivity contribution in [3.8, 4) is 23.0 Å². The molecule has 2 amide bonds. The Bertz CT molecular complexity index is 2890. The molecule has 1 aliphatic rings. The lowest BCUT2D eigenvalue weighted by Crippen LogP contribution is -2.60. The summed E-state index contributed by atoms with van der Waals surface area (Å²) in [5.74, 6) is 0.360. The van der Waals surface area contributed by atoms with Crippen LogP contribution in [0, 0.1) is 5.41 Å². The fourth-order valence-electron chi connectivity index (χ4n) is 10.9. The maximum Gasteiger partial charge on any atom is 0.239 e. The molecule has 0 unspecified atom stereocenters. The fraction of sp³-hybridized carbons (Fsp3) is 0.233. The molecule has 2 atom stereocenters. The minimum atomic E-state index is -2.23. The normalized spacial score (nSPS) is 14.6. The molecule has 0 aromatic heterocycles. The summed E-state index contributed by atoms with van der Waals surface area (Å²) in [5.41, 5.74) is 2.87. The molecule has 356 valence electrons. The summed E-state index contributed by atoms with van der Waals surface area (Å²) in [6.45, 7) is 0. The number of primary amides is 1. The smallest absolute Gasteiger partial charge is 0.239 e. The number of carbonyl (C=O) groups excluding carboxylic acids is 2. The van der Waals surface area contributed by atoms with Gasteiger partial charge in [-0.25, -0.2) is 0 Å². The van der Waals surface area contributed by atoms with Crippen molar-refractivity contribution in [2.75, 3.05) is 28.4 Å². The highest BCUT2D eigenvalue weighted by atomic mass is 16.5. The molecule has 1 fully saturated rings. The van der Waals surface area contributed by atoms with E-state index in [1.807, 2.05) is 84.9 Å². The molecule has 0 spiro atoms. The van der Waals surface area contributed by atoms with E-state index in [-0.39, 0.29) is 12.8 Å². The van der Waals surface area contributed by atoms with Gasteiger partial charge in [-0.1, -0.05) is 153 Å². The van der Waals surface area contributed by atoms with Crippen molar-refractivity contribution in [2.24, 2.45) is 11.1 Å². The second kappa shape index (κ2) is 19.7. The van der Waals surface area contributed by atoms with Gasteiger partial charge in [-0.3, -0.25) is 9.59 Å². The van der Waals surface area contributed by atoms with E-state index < -0.39 is 40.5 Å². The van der Waals surface area contributed by atoms with Crippen molar-refractivity contribution in [3.63, 3.8) is 0 Å². The first-order valence-electron chi connectivity index (χ1n) is 23.6. The highest BCUT2D eigenvalue weighted by Gasteiger charge is 2.59. The molecule has 4 N–H and O–H groups in total. The lowest BCUT2D eigenvalue weighted by atomic mass is 9.67. The minimum absolute atomic E-state index is 0.148. The summed E-state index contributed by atoms with van der Waals surface area (Å²) < 4.78 is 23.5. The third-order valence-electron chi connectivity index (χ3n) is 14.4. The zero-order valence-electron chi connectivity index (χ0n) is 39.9. The zero-order valence-corrected chi connectivity index (χ0v) is 39.9. The highest BCUT2D eigenvalue weighted by Crippen LogP contribution is 2.58. The molecule has 0 bridgehead atoms. The van der Waals surface area contributed by atoms with Crippen LogP contribution in [0.25, 0.3) is 21.5 Å². The van der Waals surface area contributed by atoms with E-state index in [4.69, 9.17) is 24.7 Å². The monoisotopic (exact) mass is 934 g/mol. The SMILES string of the molecule is COc1cccc(C(O)(c2cccc(OC)c2)[C@H](c2cccc3ccccc23)N(C(=O)C2(C(N)=O)CCCCC2)[C@@H](c2cccc3ccccc23)C(O)(c2cccc(OC)c2)c2cccc(OC)c2)c1. The molecule has 1 aliphatic carbocycles. The van der Waals surface area contributed by atoms with E-state index in [0.717, 1.165) is 28.0 Å². The Balaban J connectivity index is 1.55. The number of hydrogen-bond donors (Lipinski definition) is 3. The average molecular weight is 935 g/mol. The number of ether oxygens (including phenoxy) is 4. The number of amides is 2. The van der Waals surface area contributed by atoms with Crippen LogP contribution >= 0.6 is 0 Å². The number of rotatable bonds is 16. The van der Waals surface area contributed by atoms with E-state index in [0.29, 0.717) is 69.2 Å². The number of carbonyl (C=O) groups is 2. The van der Waals surface area contributed by atoms with Crippen LogP contribution in [0.15, 0.2) is 182 Å². The van der Waals surface area contributed by atoms with Crippen LogP contribution in [0.2, 0.25) is 0 Å². The van der Waals surface area contributed by atoms with Crippen LogP contribution in [0.4, 0.5) is 0 Å². The number of methoxy groups -OCH3 is 4. The van der Waals surface area contributed by atoms with Crippen molar-refractivity contribution in [1.82, 2.24) is 4.90 Å². The first kappa shape index (κ1) is 47.4. The predicted molar refractivity (Wildman–Crippen MR) is 273 cm³/mol. The Kier molecular flexibility index (Phi) is 13.4. The van der Waals surface area contributed by atoms with Crippen molar-refractivity contribution in [2.45, 2.75) is 55.4 Å². The van der Waals surface area contributed by atoms with Gasteiger partial charge in [0.1, 0.15) is 39.6 Å². The van der Waals surface area contributed by atoms with E-state index >= 15 is 4.79 Å². The number of aliphatic hydroxyl groups is 2. The van der Waals surface area contributed by atoms with E-state index in [9.17, 15) is 15.0 Å². The van der Waals surface area contributed by atoms with Gasteiger partial charge in [-0.05, 0) is 116 Å². The van der Waals surface area contributed by atoms with E-state index in [1.165, 1.54) is 0 Å². The molecule has 10 nitrogen and oxygen atoms in total. The Morgan fingerprint density at radius 3 is 1.16 bits per heavy atom. The first-order chi connectivity index (χ1) is 34.0. The molecule has 0 radical (unpaired) electrons. The van der Waals surface area contributed by atoms with Gasteiger partial charge in [-0.2, -0.15) is 0 Å². The van der Waals surface area contributed by atoms with Gasteiger partial charge in [0.05, 0.1) is 40.5 Å². The molecule has 1 saturated carbocycles. The third-order valence-corrected chi connectivity index (χ3v) is 14.4. The van der Waals surface area contributed by atoms with E-state index in [1.54, 1.807) is 130 Å². The number of fused-ring (bicyclic) bond motifs is 2. The summed E-state index contributed by atoms with van der Waals surface area (Å²) in [6, 6.07) is 52.8. The van der Waals surface area contributed by atoms with Gasteiger partial charge >= 0.3 is 0 Å². The molecular weight excluding hydrogens is 877 g/mol. The Labute approximate surface area is 408 Å². The summed E-state index contributed by atoms with van der Waals surface area (Å²) in [6.07, 6.45) is 2.18. The maximum absolute atomic E-state index is 17.4. The summed E-state index contributed by atoms with van der Waals surface area (Å²) in [5, 5.41) is 33.0. The molecule has 0 aliphatic heterocycles. The van der Waals surface area contributed by atoms with Crippen molar-refractivity contribution in [3.05, 3.63) is 215 Å². The second-order valence-electron chi connectivity index (χ2n) is 18.1. The molecule has 8 aromatic rings. The molecule has 70 heavy (non-hydrogen) atoms. The fourth-order valence-corrected chi connectivity index (χ4v) is 10.9. The average Bonchev–Trinajstić information content (AvgIpc) is 3.42. The Morgan fingerprint density at radius 2 is 0.814 bits per heavy atom. The lowest BCUT2D eigenvalue weighted by Gasteiger charge is -2.54. The van der Waals surface area contributed by atoms with Gasteiger partial charge < -0.3 is 39.8 Å². The van der Waals surface area contributed by atoms with Crippen molar-refractivity contribution in [1.29, 1.82) is 0 Å². The lowest BCUT2D eigenvalue weighted by molar-refractivity contribution is -0.170. The highest BCUT2D eigenvalue weighted by molar-refractivity contribution is 6.05. The van der Waals surface area contributed by atoms with Crippen LogP contribution in [-0.2, 0) is 20.8 Å². The second-order valence-corrected chi connectivity index (χ2v) is 18.1. The number of nitrogens with two attached hydrogens (primary N) is 1. The van der Waals surface area contributed by atoms with Crippen LogP contribution < -0.4 is 24.7 Å². The standard InChI is InChI=1S/C60H58N2O8/c1-67-46-26-14-22-42(36-46)59(65,43-23-15-27-47(37-43)68-2)54(52-32-12-20-40-18-6-8-30-50(40)52)62(57(64)58(56(61)63)34-10-5-11-35-58)55(53-33-13-21-41-19-7-9-31-51(41)53)60(66,44-24-16-28-48(38-44)69-3)45-25-17-29-49(39-45)70-4/h6-9,12-33,36-39,54-55,65-66H,5,10-11,34-35H2,1-4H3,(H2,61,63)/t54-,55-/m0/s1. The maximum atomic E-state index is 17.4.